The smallest absolute Gasteiger partial charge is 0.340 e. The molecule has 3 rings (SSSR count). The second kappa shape index (κ2) is 7.80. The molecular formula is C20H13F3N4O. The summed E-state index contributed by atoms with van der Waals surface area (Å²) in [4.78, 5) is 16.4. The van der Waals surface area contributed by atoms with E-state index in [0.29, 0.717) is 11.4 Å². The summed E-state index contributed by atoms with van der Waals surface area (Å²) in [5.41, 5.74) is 0.982. The summed E-state index contributed by atoms with van der Waals surface area (Å²) in [6, 6.07) is 16.1. The van der Waals surface area contributed by atoms with Crippen molar-refractivity contribution in [1.29, 1.82) is 5.26 Å². The molecule has 0 saturated carbocycles. The Labute approximate surface area is 158 Å². The van der Waals surface area contributed by atoms with Gasteiger partial charge >= 0.3 is 6.18 Å². The van der Waals surface area contributed by atoms with Crippen LogP contribution in [0.25, 0.3) is 0 Å². The van der Waals surface area contributed by atoms with E-state index in [4.69, 9.17) is 5.26 Å². The lowest BCUT2D eigenvalue weighted by Gasteiger charge is -2.09. The molecule has 1 amide bonds. The number of alkyl halides is 3. The average Bonchev–Trinajstić information content (AvgIpc) is 2.69. The Morgan fingerprint density at radius 3 is 2.11 bits per heavy atom. The molecule has 2 N–H and O–H groups in total. The predicted octanol–water partition coefficient (Wildman–Crippen LogP) is 4.97. The van der Waals surface area contributed by atoms with Gasteiger partial charge in [-0.25, -0.2) is 4.98 Å². The maximum Gasteiger partial charge on any atom is 0.416 e. The Morgan fingerprint density at radius 2 is 1.57 bits per heavy atom. The van der Waals surface area contributed by atoms with Crippen molar-refractivity contribution < 1.29 is 18.0 Å². The number of nitrogens with zero attached hydrogens (tertiary/aromatic N) is 2. The summed E-state index contributed by atoms with van der Waals surface area (Å²) in [7, 11) is 0. The molecule has 0 bridgehead atoms. The Hall–Kier alpha value is -3.86. The standard InChI is InChI=1S/C20H13F3N4O/c21-20(22,23)15-4-8-17(9-5-15)27-19(28)14-3-10-18(25-12-14)26-16-6-1-13(11-24)2-7-16/h1-10,12H,(H,25,26)(H,27,28). The molecule has 140 valence electrons. The molecule has 8 heteroatoms. The lowest BCUT2D eigenvalue weighted by molar-refractivity contribution is -0.137. The van der Waals surface area contributed by atoms with Gasteiger partial charge in [0.2, 0.25) is 0 Å². The van der Waals surface area contributed by atoms with Crippen molar-refractivity contribution in [1.82, 2.24) is 4.98 Å². The van der Waals surface area contributed by atoms with Crippen molar-refractivity contribution in [3.05, 3.63) is 83.6 Å². The number of carbonyl (C=O) groups excluding carboxylic acids is 1. The van der Waals surface area contributed by atoms with E-state index in [-0.39, 0.29) is 11.3 Å². The summed E-state index contributed by atoms with van der Waals surface area (Å²) < 4.78 is 37.7. The molecule has 1 aromatic heterocycles. The third kappa shape index (κ3) is 4.65. The predicted molar refractivity (Wildman–Crippen MR) is 98.1 cm³/mol. The molecule has 0 aliphatic rings. The van der Waals surface area contributed by atoms with Gasteiger partial charge in [-0.05, 0) is 60.7 Å². The molecule has 2 aromatic carbocycles. The number of pyridine rings is 1. The summed E-state index contributed by atoms with van der Waals surface area (Å²) in [5, 5.41) is 14.3. The maximum atomic E-state index is 12.6. The minimum Gasteiger partial charge on any atom is -0.340 e. The minimum atomic E-state index is -4.43. The van der Waals surface area contributed by atoms with Crippen molar-refractivity contribution in [3.8, 4) is 6.07 Å². The van der Waals surface area contributed by atoms with Crippen LogP contribution < -0.4 is 10.6 Å². The number of halogens is 3. The molecule has 28 heavy (non-hydrogen) atoms. The van der Waals surface area contributed by atoms with Gasteiger partial charge in [-0.1, -0.05) is 0 Å². The molecule has 0 atom stereocenters. The number of nitriles is 1. The van der Waals surface area contributed by atoms with Crippen molar-refractivity contribution in [2.75, 3.05) is 10.6 Å². The van der Waals surface area contributed by atoms with E-state index in [1.54, 1.807) is 36.4 Å². The highest BCUT2D eigenvalue weighted by Gasteiger charge is 2.30. The van der Waals surface area contributed by atoms with Gasteiger partial charge in [0.05, 0.1) is 22.8 Å². The molecule has 0 fully saturated rings. The fourth-order valence-corrected chi connectivity index (χ4v) is 2.32. The quantitative estimate of drug-likeness (QED) is 0.668. The van der Waals surface area contributed by atoms with Gasteiger partial charge in [0, 0.05) is 17.6 Å². The number of amides is 1. The van der Waals surface area contributed by atoms with Crippen LogP contribution >= 0.6 is 0 Å². The van der Waals surface area contributed by atoms with Crippen LogP contribution in [0.1, 0.15) is 21.5 Å². The zero-order chi connectivity index (χ0) is 20.1. The van der Waals surface area contributed by atoms with Gasteiger partial charge in [0.25, 0.3) is 5.91 Å². The van der Waals surface area contributed by atoms with Crippen LogP contribution in [0.4, 0.5) is 30.4 Å². The Balaban J connectivity index is 1.64. The third-order valence-electron chi connectivity index (χ3n) is 3.78. The first-order chi connectivity index (χ1) is 13.3. The van der Waals surface area contributed by atoms with E-state index in [9.17, 15) is 18.0 Å². The van der Waals surface area contributed by atoms with E-state index >= 15 is 0 Å². The Kier molecular flexibility index (Phi) is 5.27. The zero-order valence-electron chi connectivity index (χ0n) is 14.3. The van der Waals surface area contributed by atoms with Crippen molar-refractivity contribution in [2.24, 2.45) is 0 Å². The highest BCUT2D eigenvalue weighted by Crippen LogP contribution is 2.29. The van der Waals surface area contributed by atoms with Crippen molar-refractivity contribution >= 4 is 23.1 Å². The van der Waals surface area contributed by atoms with Gasteiger partial charge in [0.1, 0.15) is 5.82 Å². The second-order valence-corrected chi connectivity index (χ2v) is 5.78. The second-order valence-electron chi connectivity index (χ2n) is 5.78. The first kappa shape index (κ1) is 18.9. The maximum absolute atomic E-state index is 12.6. The van der Waals surface area contributed by atoms with Gasteiger partial charge in [-0.2, -0.15) is 18.4 Å². The molecule has 0 spiro atoms. The number of benzene rings is 2. The van der Waals surface area contributed by atoms with Gasteiger partial charge in [0.15, 0.2) is 0 Å². The normalized spacial score (nSPS) is 10.8. The molecule has 5 nitrogen and oxygen atoms in total. The van der Waals surface area contributed by atoms with Crippen LogP contribution in [0.5, 0.6) is 0 Å². The lowest BCUT2D eigenvalue weighted by Crippen LogP contribution is -2.13. The van der Waals surface area contributed by atoms with Crippen molar-refractivity contribution in [3.63, 3.8) is 0 Å². The van der Waals surface area contributed by atoms with Crippen LogP contribution in [0.15, 0.2) is 66.9 Å². The molecule has 0 saturated heterocycles. The van der Waals surface area contributed by atoms with E-state index in [0.717, 1.165) is 17.8 Å². The number of hydrogen-bond donors (Lipinski definition) is 2. The summed E-state index contributed by atoms with van der Waals surface area (Å²) in [6.45, 7) is 0. The molecule has 3 aromatic rings. The van der Waals surface area contributed by atoms with Gasteiger partial charge in [-0.3, -0.25) is 4.79 Å². The van der Waals surface area contributed by atoms with E-state index in [2.05, 4.69) is 15.6 Å². The molecule has 0 aliphatic heterocycles. The fourth-order valence-electron chi connectivity index (χ4n) is 2.32. The number of aromatic nitrogens is 1. The van der Waals surface area contributed by atoms with Crippen LogP contribution in [-0.4, -0.2) is 10.9 Å². The summed E-state index contributed by atoms with van der Waals surface area (Å²) >= 11 is 0. The summed E-state index contributed by atoms with van der Waals surface area (Å²) in [5.74, 6) is 0.00738. The highest BCUT2D eigenvalue weighted by molar-refractivity contribution is 6.04. The van der Waals surface area contributed by atoms with E-state index in [1.165, 1.54) is 18.3 Å². The molecule has 0 unspecified atom stereocenters. The van der Waals surface area contributed by atoms with Gasteiger partial charge in [-0.15, -0.1) is 0 Å². The Bertz CT molecular complexity index is 1010. The average molecular weight is 382 g/mol. The first-order valence-electron chi connectivity index (χ1n) is 8.07. The van der Waals surface area contributed by atoms with Crippen LogP contribution in [0.2, 0.25) is 0 Å². The van der Waals surface area contributed by atoms with Gasteiger partial charge < -0.3 is 10.6 Å². The number of hydrogen-bond acceptors (Lipinski definition) is 4. The fraction of sp³-hybridized carbons (Fsp3) is 0.0500. The number of rotatable bonds is 4. The number of nitrogens with one attached hydrogen (secondary N) is 2. The largest absolute Gasteiger partial charge is 0.416 e. The van der Waals surface area contributed by atoms with Crippen LogP contribution in [-0.2, 0) is 6.18 Å². The summed E-state index contributed by atoms with van der Waals surface area (Å²) in [6.07, 6.45) is -3.07. The SMILES string of the molecule is N#Cc1ccc(Nc2ccc(C(=O)Nc3ccc(C(F)(F)F)cc3)cn2)cc1. The topological polar surface area (TPSA) is 77.8 Å². The van der Waals surface area contributed by atoms with Crippen LogP contribution in [0.3, 0.4) is 0 Å². The first-order valence-corrected chi connectivity index (χ1v) is 8.07. The molecular weight excluding hydrogens is 369 g/mol. The molecule has 0 radical (unpaired) electrons. The monoisotopic (exact) mass is 382 g/mol. The highest BCUT2D eigenvalue weighted by atomic mass is 19.4. The third-order valence-corrected chi connectivity index (χ3v) is 3.78. The van der Waals surface area contributed by atoms with Crippen LogP contribution in [0, 0.1) is 11.3 Å². The number of anilines is 3. The number of carbonyl (C=O) groups is 1. The minimum absolute atomic E-state index is 0.248. The van der Waals surface area contributed by atoms with Crippen molar-refractivity contribution in [2.45, 2.75) is 6.18 Å². The molecule has 1 heterocycles. The zero-order valence-corrected chi connectivity index (χ0v) is 14.3. The van der Waals surface area contributed by atoms with E-state index in [1.807, 2.05) is 6.07 Å². The Morgan fingerprint density at radius 1 is 0.929 bits per heavy atom. The van der Waals surface area contributed by atoms with E-state index < -0.39 is 17.6 Å². The lowest BCUT2D eigenvalue weighted by atomic mass is 10.2. The molecule has 0 aliphatic carbocycles.